The van der Waals surface area contributed by atoms with Gasteiger partial charge >= 0.3 is 18.0 Å². The van der Waals surface area contributed by atoms with Crippen molar-refractivity contribution in [2.45, 2.75) is 32.2 Å². The standard InChI is InChI=1S/C18H15F6N5O/c1-9-5-11(3-4-15(9)25)10(2)28-16(30)29(27-26-28)14-7-12(17(19,20)21)6-13(8-14)18(22,23)24/h3-8,10H,25H2,1-2H3. The molecule has 160 valence electrons. The van der Waals surface area contributed by atoms with Crippen LogP contribution in [0.5, 0.6) is 0 Å². The summed E-state index contributed by atoms with van der Waals surface area (Å²) in [7, 11) is 0. The van der Waals surface area contributed by atoms with Crippen molar-refractivity contribution in [3.8, 4) is 5.69 Å². The Morgan fingerprint density at radius 3 is 2.00 bits per heavy atom. The molecule has 0 aliphatic rings. The summed E-state index contributed by atoms with van der Waals surface area (Å²) in [4.78, 5) is 12.7. The van der Waals surface area contributed by atoms with Crippen molar-refractivity contribution in [3.05, 3.63) is 69.1 Å². The van der Waals surface area contributed by atoms with E-state index in [0.717, 1.165) is 10.2 Å². The molecule has 1 unspecified atom stereocenters. The highest BCUT2D eigenvalue weighted by Crippen LogP contribution is 2.36. The summed E-state index contributed by atoms with van der Waals surface area (Å²) in [6, 6.07) is 5.03. The van der Waals surface area contributed by atoms with Gasteiger partial charge in [-0.2, -0.15) is 35.7 Å². The molecule has 0 spiro atoms. The summed E-state index contributed by atoms with van der Waals surface area (Å²) < 4.78 is 79.7. The summed E-state index contributed by atoms with van der Waals surface area (Å²) in [6.07, 6.45) is -10.1. The number of nitrogens with two attached hydrogens (primary N) is 1. The maximum atomic E-state index is 13.1. The molecule has 0 saturated heterocycles. The molecule has 3 rings (SSSR count). The average molecular weight is 431 g/mol. The van der Waals surface area contributed by atoms with E-state index >= 15 is 0 Å². The smallest absolute Gasteiger partial charge is 0.399 e. The Bertz CT molecular complexity index is 1110. The molecule has 6 nitrogen and oxygen atoms in total. The van der Waals surface area contributed by atoms with E-state index < -0.39 is 40.9 Å². The summed E-state index contributed by atoms with van der Waals surface area (Å²) in [5.74, 6) is 0. The highest BCUT2D eigenvalue weighted by molar-refractivity contribution is 5.48. The SMILES string of the molecule is Cc1cc(C(C)n2nnn(-c3cc(C(F)(F)F)cc(C(F)(F)F)c3)c2=O)ccc1N. The minimum atomic E-state index is -5.05. The molecule has 12 heteroatoms. The molecular formula is C18H15F6N5O. The van der Waals surface area contributed by atoms with Crippen molar-refractivity contribution < 1.29 is 26.3 Å². The number of nitrogens with zero attached hydrogens (tertiary/aromatic N) is 4. The molecular weight excluding hydrogens is 416 g/mol. The lowest BCUT2D eigenvalue weighted by atomic mass is 10.0. The molecule has 3 aromatic rings. The van der Waals surface area contributed by atoms with E-state index in [-0.39, 0.29) is 6.07 Å². The van der Waals surface area contributed by atoms with Crippen LogP contribution in [0.3, 0.4) is 0 Å². The molecule has 0 fully saturated rings. The number of benzene rings is 2. The van der Waals surface area contributed by atoms with Gasteiger partial charge in [0.15, 0.2) is 0 Å². The van der Waals surface area contributed by atoms with Crippen LogP contribution in [0.25, 0.3) is 5.69 Å². The minimum absolute atomic E-state index is 0.0290. The van der Waals surface area contributed by atoms with Crippen molar-refractivity contribution in [3.63, 3.8) is 0 Å². The van der Waals surface area contributed by atoms with Gasteiger partial charge in [0.25, 0.3) is 0 Å². The third kappa shape index (κ3) is 4.02. The number of nitrogen functional groups attached to an aromatic ring is 1. The van der Waals surface area contributed by atoms with Crippen LogP contribution >= 0.6 is 0 Å². The number of halogens is 6. The van der Waals surface area contributed by atoms with Crippen molar-refractivity contribution in [2.75, 3.05) is 5.73 Å². The fourth-order valence-corrected chi connectivity index (χ4v) is 2.82. The zero-order valence-corrected chi connectivity index (χ0v) is 15.6. The number of tetrazole rings is 1. The summed E-state index contributed by atoms with van der Waals surface area (Å²) in [5.41, 5.74) is 2.79. The molecule has 0 aliphatic carbocycles. The fourth-order valence-electron chi connectivity index (χ4n) is 2.82. The van der Waals surface area contributed by atoms with Crippen LogP contribution < -0.4 is 11.4 Å². The van der Waals surface area contributed by atoms with E-state index in [1.165, 1.54) is 0 Å². The Labute approximate surface area is 165 Å². The molecule has 2 N–H and O–H groups in total. The van der Waals surface area contributed by atoms with Gasteiger partial charge in [-0.25, -0.2) is 4.79 Å². The Morgan fingerprint density at radius 1 is 0.933 bits per heavy atom. The van der Waals surface area contributed by atoms with Gasteiger partial charge in [0.05, 0.1) is 22.9 Å². The van der Waals surface area contributed by atoms with Gasteiger partial charge < -0.3 is 5.73 Å². The molecule has 1 aromatic heterocycles. The Hall–Kier alpha value is -3.31. The summed E-state index contributed by atoms with van der Waals surface area (Å²) in [6.45, 7) is 3.32. The second-order valence-corrected chi connectivity index (χ2v) is 6.67. The number of aromatic nitrogens is 4. The Kier molecular flexibility index (Phi) is 5.12. The number of rotatable bonds is 3. The van der Waals surface area contributed by atoms with Crippen LogP contribution in [0.15, 0.2) is 41.2 Å². The first-order valence-corrected chi connectivity index (χ1v) is 8.49. The third-order valence-corrected chi connectivity index (χ3v) is 4.56. The zero-order valence-electron chi connectivity index (χ0n) is 15.6. The number of hydrogen-bond donors (Lipinski definition) is 1. The molecule has 0 saturated carbocycles. The van der Waals surface area contributed by atoms with Gasteiger partial charge in [-0.05, 0) is 59.7 Å². The van der Waals surface area contributed by atoms with E-state index in [9.17, 15) is 31.1 Å². The first-order chi connectivity index (χ1) is 13.8. The van der Waals surface area contributed by atoms with E-state index in [1.54, 1.807) is 32.0 Å². The van der Waals surface area contributed by atoms with Gasteiger partial charge in [-0.3, -0.25) is 0 Å². The summed E-state index contributed by atoms with van der Waals surface area (Å²) >= 11 is 0. The lowest BCUT2D eigenvalue weighted by molar-refractivity contribution is -0.143. The first kappa shape index (κ1) is 21.4. The molecule has 1 atom stereocenters. The first-order valence-electron chi connectivity index (χ1n) is 8.49. The zero-order chi connectivity index (χ0) is 22.4. The lowest BCUT2D eigenvalue weighted by Gasteiger charge is -2.14. The van der Waals surface area contributed by atoms with E-state index in [2.05, 4.69) is 10.4 Å². The summed E-state index contributed by atoms with van der Waals surface area (Å²) in [5, 5.41) is 7.10. The topological polar surface area (TPSA) is 78.7 Å². The normalized spacial score (nSPS) is 13.5. The van der Waals surface area contributed by atoms with Crippen LogP contribution in [-0.2, 0) is 12.4 Å². The Balaban J connectivity index is 2.11. The van der Waals surface area contributed by atoms with Gasteiger partial charge in [-0.15, -0.1) is 0 Å². The lowest BCUT2D eigenvalue weighted by Crippen LogP contribution is -2.27. The fraction of sp³-hybridized carbons (Fsp3) is 0.278. The van der Waals surface area contributed by atoms with E-state index in [0.29, 0.717) is 28.1 Å². The monoisotopic (exact) mass is 431 g/mol. The minimum Gasteiger partial charge on any atom is -0.399 e. The number of aryl methyl sites for hydroxylation is 1. The molecule has 0 bridgehead atoms. The van der Waals surface area contributed by atoms with E-state index in [1.807, 2.05) is 0 Å². The van der Waals surface area contributed by atoms with Crippen molar-refractivity contribution >= 4 is 5.69 Å². The second kappa shape index (κ2) is 7.18. The van der Waals surface area contributed by atoms with Gasteiger partial charge in [0, 0.05) is 5.69 Å². The van der Waals surface area contributed by atoms with Crippen molar-refractivity contribution in [2.24, 2.45) is 0 Å². The quantitative estimate of drug-likeness (QED) is 0.503. The molecule has 0 aliphatic heterocycles. The van der Waals surface area contributed by atoms with Crippen LogP contribution in [0.4, 0.5) is 32.0 Å². The molecule has 30 heavy (non-hydrogen) atoms. The van der Waals surface area contributed by atoms with Crippen LogP contribution in [0, 0.1) is 6.92 Å². The Morgan fingerprint density at radius 2 is 1.50 bits per heavy atom. The van der Waals surface area contributed by atoms with Crippen molar-refractivity contribution in [1.29, 1.82) is 0 Å². The molecule has 1 heterocycles. The van der Waals surface area contributed by atoms with Gasteiger partial charge in [0.1, 0.15) is 0 Å². The van der Waals surface area contributed by atoms with Crippen LogP contribution in [0.1, 0.15) is 35.2 Å². The molecule has 0 amide bonds. The van der Waals surface area contributed by atoms with Gasteiger partial charge in [0.2, 0.25) is 0 Å². The highest BCUT2D eigenvalue weighted by atomic mass is 19.4. The second-order valence-electron chi connectivity index (χ2n) is 6.67. The molecule has 0 radical (unpaired) electrons. The average Bonchev–Trinajstić information content (AvgIpc) is 3.03. The predicted molar refractivity (Wildman–Crippen MR) is 95.0 cm³/mol. The third-order valence-electron chi connectivity index (χ3n) is 4.56. The van der Waals surface area contributed by atoms with E-state index in [4.69, 9.17) is 5.73 Å². The largest absolute Gasteiger partial charge is 0.416 e. The van der Waals surface area contributed by atoms with Gasteiger partial charge in [-0.1, -0.05) is 12.1 Å². The number of hydrogen-bond acceptors (Lipinski definition) is 4. The van der Waals surface area contributed by atoms with Crippen LogP contribution in [0.2, 0.25) is 0 Å². The highest BCUT2D eigenvalue weighted by Gasteiger charge is 2.37. The maximum Gasteiger partial charge on any atom is 0.416 e. The molecule has 2 aromatic carbocycles. The number of alkyl halides is 6. The number of anilines is 1. The van der Waals surface area contributed by atoms with Crippen LogP contribution in [-0.4, -0.2) is 19.8 Å². The predicted octanol–water partition coefficient (Wildman–Crippen LogP) is 3.97. The maximum absolute atomic E-state index is 13.1. The van der Waals surface area contributed by atoms with Crippen molar-refractivity contribution in [1.82, 2.24) is 19.8 Å².